The Bertz CT molecular complexity index is 240. The molecular formula is C14H28N2O. The van der Waals surface area contributed by atoms with E-state index in [2.05, 4.69) is 20.8 Å². The molecule has 1 fully saturated rings. The lowest BCUT2D eigenvalue weighted by Crippen LogP contribution is -2.32. The van der Waals surface area contributed by atoms with E-state index in [0.29, 0.717) is 30.7 Å². The summed E-state index contributed by atoms with van der Waals surface area (Å²) in [6.45, 7) is 9.14. The van der Waals surface area contributed by atoms with Crippen molar-refractivity contribution >= 4 is 5.91 Å². The van der Waals surface area contributed by atoms with Crippen molar-refractivity contribution in [2.75, 3.05) is 19.6 Å². The average Bonchev–Trinajstić information content (AvgIpc) is 2.75. The molecule has 1 aliphatic heterocycles. The van der Waals surface area contributed by atoms with Gasteiger partial charge >= 0.3 is 0 Å². The van der Waals surface area contributed by atoms with Crippen LogP contribution in [-0.4, -0.2) is 30.4 Å². The van der Waals surface area contributed by atoms with Crippen LogP contribution in [0.25, 0.3) is 0 Å². The number of hydrogen-bond acceptors (Lipinski definition) is 2. The van der Waals surface area contributed by atoms with Crippen molar-refractivity contribution in [1.82, 2.24) is 4.90 Å². The van der Waals surface area contributed by atoms with E-state index in [1.165, 1.54) is 12.8 Å². The van der Waals surface area contributed by atoms with Crippen molar-refractivity contribution in [2.45, 2.75) is 46.5 Å². The summed E-state index contributed by atoms with van der Waals surface area (Å²) >= 11 is 0. The predicted molar refractivity (Wildman–Crippen MR) is 71.6 cm³/mol. The van der Waals surface area contributed by atoms with Crippen molar-refractivity contribution in [1.29, 1.82) is 0 Å². The van der Waals surface area contributed by atoms with E-state index in [4.69, 9.17) is 5.73 Å². The first-order valence-electron chi connectivity index (χ1n) is 7.04. The molecule has 17 heavy (non-hydrogen) atoms. The Morgan fingerprint density at radius 3 is 2.65 bits per heavy atom. The molecule has 2 atom stereocenters. The standard InChI is InChI=1S/C14H28N2O/c1-4-12-5-6-16(10-12)14(17)8-13(9-15)7-11(2)3/h11-13H,4-10,15H2,1-3H3/t12?,13-/m0/s1. The average molecular weight is 240 g/mol. The van der Waals surface area contributed by atoms with Crippen LogP contribution in [0.5, 0.6) is 0 Å². The van der Waals surface area contributed by atoms with E-state index < -0.39 is 0 Å². The molecule has 1 aliphatic rings. The molecular weight excluding hydrogens is 212 g/mol. The number of hydrogen-bond donors (Lipinski definition) is 1. The van der Waals surface area contributed by atoms with Crippen molar-refractivity contribution in [3.05, 3.63) is 0 Å². The number of amides is 1. The van der Waals surface area contributed by atoms with Crippen LogP contribution in [0.15, 0.2) is 0 Å². The van der Waals surface area contributed by atoms with Gasteiger partial charge in [0, 0.05) is 19.5 Å². The zero-order valence-corrected chi connectivity index (χ0v) is 11.6. The highest BCUT2D eigenvalue weighted by molar-refractivity contribution is 5.76. The Hall–Kier alpha value is -0.570. The second-order valence-corrected chi connectivity index (χ2v) is 5.84. The fraction of sp³-hybridized carbons (Fsp3) is 0.929. The summed E-state index contributed by atoms with van der Waals surface area (Å²) in [4.78, 5) is 14.2. The minimum absolute atomic E-state index is 0.317. The minimum Gasteiger partial charge on any atom is -0.342 e. The van der Waals surface area contributed by atoms with Gasteiger partial charge in [0.15, 0.2) is 0 Å². The largest absolute Gasteiger partial charge is 0.342 e. The van der Waals surface area contributed by atoms with E-state index in [-0.39, 0.29) is 0 Å². The van der Waals surface area contributed by atoms with Crippen LogP contribution in [0.2, 0.25) is 0 Å². The third-order valence-corrected chi connectivity index (χ3v) is 3.82. The minimum atomic E-state index is 0.317. The van der Waals surface area contributed by atoms with Gasteiger partial charge in [0.1, 0.15) is 0 Å². The first kappa shape index (κ1) is 14.5. The summed E-state index contributed by atoms with van der Waals surface area (Å²) < 4.78 is 0. The molecule has 1 amide bonds. The summed E-state index contributed by atoms with van der Waals surface area (Å²) in [6.07, 6.45) is 4.08. The van der Waals surface area contributed by atoms with Crippen molar-refractivity contribution < 1.29 is 4.79 Å². The van der Waals surface area contributed by atoms with Crippen LogP contribution in [-0.2, 0) is 4.79 Å². The van der Waals surface area contributed by atoms with E-state index in [0.717, 1.165) is 25.4 Å². The lowest BCUT2D eigenvalue weighted by molar-refractivity contribution is -0.131. The molecule has 3 heteroatoms. The van der Waals surface area contributed by atoms with Gasteiger partial charge in [-0.3, -0.25) is 4.79 Å². The maximum atomic E-state index is 12.1. The Morgan fingerprint density at radius 2 is 2.18 bits per heavy atom. The first-order valence-corrected chi connectivity index (χ1v) is 7.04. The van der Waals surface area contributed by atoms with Gasteiger partial charge in [-0.05, 0) is 37.1 Å². The maximum absolute atomic E-state index is 12.1. The second-order valence-electron chi connectivity index (χ2n) is 5.84. The molecule has 0 spiro atoms. The normalized spacial score (nSPS) is 22.2. The number of nitrogens with two attached hydrogens (primary N) is 1. The highest BCUT2D eigenvalue weighted by atomic mass is 16.2. The van der Waals surface area contributed by atoms with Crippen LogP contribution in [0.3, 0.4) is 0 Å². The van der Waals surface area contributed by atoms with Crippen LogP contribution in [0, 0.1) is 17.8 Å². The van der Waals surface area contributed by atoms with Gasteiger partial charge in [0.05, 0.1) is 0 Å². The molecule has 0 saturated carbocycles. The van der Waals surface area contributed by atoms with Crippen LogP contribution < -0.4 is 5.73 Å². The van der Waals surface area contributed by atoms with Crippen molar-refractivity contribution in [2.24, 2.45) is 23.5 Å². The van der Waals surface area contributed by atoms with E-state index in [1.54, 1.807) is 0 Å². The summed E-state index contributed by atoms with van der Waals surface area (Å²) in [6, 6.07) is 0. The molecule has 0 aliphatic carbocycles. The highest BCUT2D eigenvalue weighted by Gasteiger charge is 2.26. The molecule has 3 nitrogen and oxygen atoms in total. The Balaban J connectivity index is 2.37. The summed E-state index contributed by atoms with van der Waals surface area (Å²) in [5, 5.41) is 0. The second kappa shape index (κ2) is 7.00. The molecule has 0 aromatic heterocycles. The topological polar surface area (TPSA) is 46.3 Å². The number of carbonyl (C=O) groups excluding carboxylic acids is 1. The number of rotatable bonds is 6. The first-order chi connectivity index (χ1) is 8.06. The smallest absolute Gasteiger partial charge is 0.222 e. The third-order valence-electron chi connectivity index (χ3n) is 3.82. The van der Waals surface area contributed by atoms with Crippen LogP contribution in [0.1, 0.15) is 46.5 Å². The SMILES string of the molecule is CCC1CCN(C(=O)C[C@@H](CN)CC(C)C)C1. The fourth-order valence-corrected chi connectivity index (χ4v) is 2.70. The van der Waals surface area contributed by atoms with Gasteiger partial charge < -0.3 is 10.6 Å². The van der Waals surface area contributed by atoms with Gasteiger partial charge in [-0.15, -0.1) is 0 Å². The molecule has 0 radical (unpaired) electrons. The molecule has 100 valence electrons. The molecule has 0 bridgehead atoms. The van der Waals surface area contributed by atoms with Crippen molar-refractivity contribution in [3.63, 3.8) is 0 Å². The molecule has 1 saturated heterocycles. The van der Waals surface area contributed by atoms with E-state index in [9.17, 15) is 4.79 Å². The lowest BCUT2D eigenvalue weighted by atomic mass is 9.94. The molecule has 1 heterocycles. The van der Waals surface area contributed by atoms with Gasteiger partial charge in [-0.1, -0.05) is 27.2 Å². The quantitative estimate of drug-likeness (QED) is 0.774. The third kappa shape index (κ3) is 4.66. The highest BCUT2D eigenvalue weighted by Crippen LogP contribution is 2.22. The fourth-order valence-electron chi connectivity index (χ4n) is 2.70. The van der Waals surface area contributed by atoms with Crippen LogP contribution >= 0.6 is 0 Å². The van der Waals surface area contributed by atoms with Gasteiger partial charge in [-0.25, -0.2) is 0 Å². The molecule has 1 rings (SSSR count). The lowest BCUT2D eigenvalue weighted by Gasteiger charge is -2.21. The van der Waals surface area contributed by atoms with Crippen molar-refractivity contribution in [3.8, 4) is 0 Å². The van der Waals surface area contributed by atoms with Gasteiger partial charge in [-0.2, -0.15) is 0 Å². The van der Waals surface area contributed by atoms with Crippen LogP contribution in [0.4, 0.5) is 0 Å². The van der Waals surface area contributed by atoms with E-state index in [1.807, 2.05) is 4.90 Å². The van der Waals surface area contributed by atoms with Gasteiger partial charge in [0.25, 0.3) is 0 Å². The number of likely N-dealkylation sites (tertiary alicyclic amines) is 1. The predicted octanol–water partition coefficient (Wildman–Crippen LogP) is 2.26. The zero-order valence-electron chi connectivity index (χ0n) is 11.6. The zero-order chi connectivity index (χ0) is 12.8. The molecule has 2 N–H and O–H groups in total. The summed E-state index contributed by atoms with van der Waals surface area (Å²) in [5.41, 5.74) is 5.75. The monoisotopic (exact) mass is 240 g/mol. The Labute approximate surface area is 106 Å². The molecule has 0 aromatic rings. The Kier molecular flexibility index (Phi) is 5.96. The van der Waals surface area contributed by atoms with Gasteiger partial charge in [0.2, 0.25) is 5.91 Å². The molecule has 1 unspecified atom stereocenters. The maximum Gasteiger partial charge on any atom is 0.222 e. The summed E-state index contributed by atoms with van der Waals surface area (Å²) in [7, 11) is 0. The van der Waals surface area contributed by atoms with E-state index >= 15 is 0 Å². The number of carbonyl (C=O) groups is 1. The molecule has 0 aromatic carbocycles. The Morgan fingerprint density at radius 1 is 1.47 bits per heavy atom. The summed E-state index contributed by atoms with van der Waals surface area (Å²) in [5.74, 6) is 2.03. The number of nitrogens with zero attached hydrogens (tertiary/aromatic N) is 1.